The van der Waals surface area contributed by atoms with E-state index in [1.54, 1.807) is 12.1 Å². The Kier molecular flexibility index (Phi) is 6.04. The van der Waals surface area contributed by atoms with Crippen molar-refractivity contribution < 1.29 is 23.8 Å². The number of fused-ring (bicyclic) bond motifs is 1. The Morgan fingerprint density at radius 1 is 1.23 bits per heavy atom. The number of ether oxygens (including phenoxy) is 3. The maximum Gasteiger partial charge on any atom is 0.336 e. The number of carbonyl (C=O) groups excluding carboxylic acids is 2. The Labute approximate surface area is 181 Å². The normalized spacial score (nSPS) is 20.2. The van der Waals surface area contributed by atoms with Crippen molar-refractivity contribution in [3.8, 4) is 11.5 Å². The van der Waals surface area contributed by atoms with Crippen LogP contribution in [0.25, 0.3) is 0 Å². The van der Waals surface area contributed by atoms with E-state index < -0.39 is 11.9 Å². The summed E-state index contributed by atoms with van der Waals surface area (Å²) in [6, 6.07) is 3.47. The van der Waals surface area contributed by atoms with Crippen LogP contribution in [0.5, 0.6) is 11.5 Å². The van der Waals surface area contributed by atoms with Crippen molar-refractivity contribution in [1.29, 1.82) is 0 Å². The summed E-state index contributed by atoms with van der Waals surface area (Å²) in [7, 11) is 0. The predicted octanol–water partition coefficient (Wildman–Crippen LogP) is 4.77. The van der Waals surface area contributed by atoms with Crippen LogP contribution in [0, 0.1) is 0 Å². The van der Waals surface area contributed by atoms with Crippen LogP contribution in [0.1, 0.15) is 63.9 Å². The summed E-state index contributed by atoms with van der Waals surface area (Å²) < 4.78 is 16.5. The summed E-state index contributed by atoms with van der Waals surface area (Å²) >= 11 is 6.62. The van der Waals surface area contributed by atoms with Crippen LogP contribution in [0.3, 0.4) is 0 Å². The Bertz CT molecular complexity index is 949. The topological polar surface area (TPSA) is 73.9 Å². The van der Waals surface area contributed by atoms with Crippen LogP contribution in [0.4, 0.5) is 0 Å². The molecule has 1 aromatic carbocycles. The van der Waals surface area contributed by atoms with E-state index in [2.05, 4.69) is 12.2 Å². The van der Waals surface area contributed by atoms with Crippen molar-refractivity contribution >= 4 is 23.4 Å². The third-order valence-electron chi connectivity index (χ3n) is 5.78. The lowest BCUT2D eigenvalue weighted by molar-refractivity contribution is -0.139. The number of nitrogens with one attached hydrogen (secondary N) is 1. The summed E-state index contributed by atoms with van der Waals surface area (Å²) in [4.78, 5) is 26.1. The first-order valence-corrected chi connectivity index (χ1v) is 10.9. The zero-order valence-electron chi connectivity index (χ0n) is 17.3. The van der Waals surface area contributed by atoms with Gasteiger partial charge in [-0.3, -0.25) is 4.79 Å². The minimum Gasteiger partial charge on any atom is -0.462 e. The first-order valence-electron chi connectivity index (χ1n) is 10.5. The fraction of sp³-hybridized carbons (Fsp3) is 0.478. The molecular weight excluding hydrogens is 406 g/mol. The number of allylic oxidation sites excluding steroid dienone is 3. The zero-order valence-corrected chi connectivity index (χ0v) is 18.1. The SMILES string of the molecule is CCCCCOC(=O)C1=C(C)NC2=C(C(=O)CCC2)[C@@H]1c1cc2c(cc1Cl)OCO2. The number of ketones is 1. The van der Waals surface area contributed by atoms with Crippen molar-refractivity contribution in [2.24, 2.45) is 0 Å². The second-order valence-electron chi connectivity index (χ2n) is 7.84. The molecule has 0 spiro atoms. The molecule has 3 aliphatic rings. The summed E-state index contributed by atoms with van der Waals surface area (Å²) in [5, 5.41) is 3.72. The molecule has 30 heavy (non-hydrogen) atoms. The highest BCUT2D eigenvalue weighted by atomic mass is 35.5. The van der Waals surface area contributed by atoms with Gasteiger partial charge in [0.1, 0.15) is 0 Å². The number of dihydropyridines is 1. The summed E-state index contributed by atoms with van der Waals surface area (Å²) in [6.45, 7) is 4.42. The molecule has 0 radical (unpaired) electrons. The van der Waals surface area contributed by atoms with Gasteiger partial charge in [-0.05, 0) is 37.8 Å². The average molecular weight is 432 g/mol. The van der Waals surface area contributed by atoms with Crippen molar-refractivity contribution in [2.75, 3.05) is 13.4 Å². The highest BCUT2D eigenvalue weighted by molar-refractivity contribution is 6.32. The molecule has 0 saturated carbocycles. The molecule has 1 atom stereocenters. The summed E-state index contributed by atoms with van der Waals surface area (Å²) in [5.41, 5.74) is 3.26. The number of hydrogen-bond acceptors (Lipinski definition) is 6. The fourth-order valence-corrected chi connectivity index (χ4v) is 4.58. The summed E-state index contributed by atoms with van der Waals surface area (Å²) in [6.07, 6.45) is 4.85. The Morgan fingerprint density at radius 3 is 2.77 bits per heavy atom. The molecule has 1 N–H and O–H groups in total. The Morgan fingerprint density at radius 2 is 2.00 bits per heavy atom. The van der Waals surface area contributed by atoms with E-state index in [4.69, 9.17) is 25.8 Å². The van der Waals surface area contributed by atoms with Gasteiger partial charge in [0.05, 0.1) is 12.2 Å². The number of unbranched alkanes of at least 4 members (excludes halogenated alkanes) is 2. The average Bonchev–Trinajstić information content (AvgIpc) is 3.17. The van der Waals surface area contributed by atoms with Gasteiger partial charge in [0.2, 0.25) is 6.79 Å². The van der Waals surface area contributed by atoms with E-state index in [0.717, 1.165) is 37.8 Å². The molecule has 0 aromatic heterocycles. The molecule has 0 fully saturated rings. The van der Waals surface area contributed by atoms with Crippen molar-refractivity contribution in [3.05, 3.63) is 45.3 Å². The zero-order chi connectivity index (χ0) is 21.3. The molecule has 2 heterocycles. The maximum absolute atomic E-state index is 13.1. The van der Waals surface area contributed by atoms with E-state index >= 15 is 0 Å². The first kappa shape index (κ1) is 20.8. The van der Waals surface area contributed by atoms with Gasteiger partial charge in [0, 0.05) is 40.4 Å². The Hall–Kier alpha value is -2.47. The van der Waals surface area contributed by atoms with Crippen LogP contribution in [-0.2, 0) is 14.3 Å². The van der Waals surface area contributed by atoms with Crippen LogP contribution in [0.2, 0.25) is 5.02 Å². The number of benzene rings is 1. The molecule has 7 heteroatoms. The lowest BCUT2D eigenvalue weighted by Gasteiger charge is -2.34. The second-order valence-corrected chi connectivity index (χ2v) is 8.24. The van der Waals surface area contributed by atoms with Crippen LogP contribution < -0.4 is 14.8 Å². The summed E-state index contributed by atoms with van der Waals surface area (Å²) in [5.74, 6) is 0.152. The van der Waals surface area contributed by atoms with E-state index in [-0.39, 0.29) is 12.6 Å². The molecule has 1 aromatic rings. The van der Waals surface area contributed by atoms with Crippen LogP contribution in [0.15, 0.2) is 34.7 Å². The van der Waals surface area contributed by atoms with E-state index in [0.29, 0.717) is 52.0 Å². The second kappa shape index (κ2) is 8.72. The lowest BCUT2D eigenvalue weighted by atomic mass is 9.75. The van der Waals surface area contributed by atoms with E-state index in [9.17, 15) is 9.59 Å². The van der Waals surface area contributed by atoms with Crippen LogP contribution in [-0.4, -0.2) is 25.2 Å². The third-order valence-corrected chi connectivity index (χ3v) is 6.11. The monoisotopic (exact) mass is 431 g/mol. The van der Waals surface area contributed by atoms with Gasteiger partial charge in [-0.2, -0.15) is 0 Å². The largest absolute Gasteiger partial charge is 0.462 e. The van der Waals surface area contributed by atoms with Gasteiger partial charge in [-0.25, -0.2) is 4.79 Å². The van der Waals surface area contributed by atoms with Gasteiger partial charge in [-0.1, -0.05) is 31.4 Å². The van der Waals surface area contributed by atoms with E-state index in [1.807, 2.05) is 6.92 Å². The lowest BCUT2D eigenvalue weighted by Crippen LogP contribution is -2.34. The third kappa shape index (κ3) is 3.81. The molecule has 1 aliphatic carbocycles. The Balaban J connectivity index is 1.77. The molecule has 2 aliphatic heterocycles. The molecule has 0 bridgehead atoms. The molecule has 4 rings (SSSR count). The number of halogens is 1. The number of esters is 1. The quantitative estimate of drug-likeness (QED) is 0.516. The molecule has 6 nitrogen and oxygen atoms in total. The highest BCUT2D eigenvalue weighted by Gasteiger charge is 2.40. The van der Waals surface area contributed by atoms with Crippen molar-refractivity contribution in [3.63, 3.8) is 0 Å². The molecule has 0 saturated heterocycles. The first-order chi connectivity index (χ1) is 14.5. The minimum absolute atomic E-state index is 0.0336. The van der Waals surface area contributed by atoms with Crippen molar-refractivity contribution in [1.82, 2.24) is 5.32 Å². The van der Waals surface area contributed by atoms with Crippen molar-refractivity contribution in [2.45, 2.75) is 58.3 Å². The smallest absolute Gasteiger partial charge is 0.336 e. The number of hydrogen-bond donors (Lipinski definition) is 1. The van der Waals surface area contributed by atoms with Crippen LogP contribution >= 0.6 is 11.6 Å². The van der Waals surface area contributed by atoms with Gasteiger partial charge in [-0.15, -0.1) is 0 Å². The van der Waals surface area contributed by atoms with Gasteiger partial charge in [0.15, 0.2) is 17.3 Å². The standard InChI is InChI=1S/C23H26ClNO5/c1-3-4-5-9-28-23(27)20-13(2)25-16-7-6-8-17(26)22(16)21(20)14-10-18-19(11-15(14)24)30-12-29-18/h10-11,21,25H,3-9,12H2,1-2H3/t21-/m1/s1. The molecule has 0 amide bonds. The predicted molar refractivity (Wildman–Crippen MR) is 113 cm³/mol. The van der Waals surface area contributed by atoms with Gasteiger partial charge in [0.25, 0.3) is 0 Å². The molecular formula is C23H26ClNO5. The van der Waals surface area contributed by atoms with Gasteiger partial charge < -0.3 is 19.5 Å². The van der Waals surface area contributed by atoms with E-state index in [1.165, 1.54) is 0 Å². The molecule has 0 unspecified atom stereocenters. The minimum atomic E-state index is -0.588. The number of rotatable bonds is 6. The number of Topliss-reactive ketones (excluding diaryl/α,β-unsaturated/α-hetero) is 1. The highest BCUT2D eigenvalue weighted by Crippen LogP contribution is 2.48. The fourth-order valence-electron chi connectivity index (χ4n) is 4.31. The number of carbonyl (C=O) groups is 2. The molecule has 160 valence electrons. The van der Waals surface area contributed by atoms with Gasteiger partial charge >= 0.3 is 5.97 Å². The maximum atomic E-state index is 13.1.